The van der Waals surface area contributed by atoms with Crippen LogP contribution in [-0.4, -0.2) is 7.11 Å². The van der Waals surface area contributed by atoms with E-state index in [4.69, 9.17) is 15.2 Å². The van der Waals surface area contributed by atoms with Crippen LogP contribution >= 0.6 is 0 Å². The molecule has 2 aromatic rings. The topological polar surface area (TPSA) is 44.5 Å². The van der Waals surface area contributed by atoms with Crippen LogP contribution in [0.5, 0.6) is 11.5 Å². The van der Waals surface area contributed by atoms with Crippen molar-refractivity contribution in [3.05, 3.63) is 58.9 Å². The average Bonchev–Trinajstić information content (AvgIpc) is 2.46. The third-order valence-electron chi connectivity index (χ3n) is 3.18. The number of hydrogen-bond acceptors (Lipinski definition) is 3. The molecule has 0 unspecified atom stereocenters. The van der Waals surface area contributed by atoms with Crippen molar-refractivity contribution in [2.45, 2.75) is 20.1 Å². The van der Waals surface area contributed by atoms with E-state index < -0.39 is 0 Å². The lowest BCUT2D eigenvalue weighted by Crippen LogP contribution is -2.04. The van der Waals surface area contributed by atoms with Crippen molar-refractivity contribution in [3.8, 4) is 11.5 Å². The predicted octanol–water partition coefficient (Wildman–Crippen LogP) is 3.18. The summed E-state index contributed by atoms with van der Waals surface area (Å²) >= 11 is 0. The SMILES string of the molecule is COc1ccc(OCc2ccc(F)cc2C)c(CN)c1. The molecule has 0 amide bonds. The first kappa shape index (κ1) is 14.3. The second-order valence-corrected chi connectivity index (χ2v) is 4.54. The minimum atomic E-state index is -0.238. The summed E-state index contributed by atoms with van der Waals surface area (Å²) in [5, 5.41) is 0. The lowest BCUT2D eigenvalue weighted by Gasteiger charge is -2.13. The highest BCUT2D eigenvalue weighted by atomic mass is 19.1. The van der Waals surface area contributed by atoms with Gasteiger partial charge in [0.05, 0.1) is 7.11 Å². The first-order valence-electron chi connectivity index (χ1n) is 6.39. The summed E-state index contributed by atoms with van der Waals surface area (Å²) in [5.41, 5.74) is 8.40. The van der Waals surface area contributed by atoms with Gasteiger partial charge in [-0.2, -0.15) is 0 Å². The molecule has 0 spiro atoms. The highest BCUT2D eigenvalue weighted by molar-refractivity contribution is 5.40. The predicted molar refractivity (Wildman–Crippen MR) is 76.4 cm³/mol. The highest BCUT2D eigenvalue weighted by Crippen LogP contribution is 2.25. The molecule has 0 saturated heterocycles. The van der Waals surface area contributed by atoms with Crippen molar-refractivity contribution in [2.24, 2.45) is 5.73 Å². The van der Waals surface area contributed by atoms with Crippen molar-refractivity contribution >= 4 is 0 Å². The molecule has 0 heterocycles. The van der Waals surface area contributed by atoms with Crippen LogP contribution in [0.2, 0.25) is 0 Å². The third-order valence-corrected chi connectivity index (χ3v) is 3.18. The number of rotatable bonds is 5. The van der Waals surface area contributed by atoms with Gasteiger partial charge in [-0.1, -0.05) is 6.07 Å². The van der Waals surface area contributed by atoms with E-state index in [0.29, 0.717) is 13.2 Å². The summed E-state index contributed by atoms with van der Waals surface area (Å²) in [6, 6.07) is 10.2. The minimum Gasteiger partial charge on any atom is -0.497 e. The lowest BCUT2D eigenvalue weighted by atomic mass is 10.1. The van der Waals surface area contributed by atoms with Gasteiger partial charge in [0.2, 0.25) is 0 Å². The fourth-order valence-corrected chi connectivity index (χ4v) is 1.96. The molecule has 3 nitrogen and oxygen atoms in total. The van der Waals surface area contributed by atoms with Crippen LogP contribution in [-0.2, 0) is 13.2 Å². The molecule has 0 bridgehead atoms. The summed E-state index contributed by atoms with van der Waals surface area (Å²) in [6.45, 7) is 2.61. The van der Waals surface area contributed by atoms with Gasteiger partial charge >= 0.3 is 0 Å². The molecule has 0 aliphatic rings. The maximum absolute atomic E-state index is 13.0. The van der Waals surface area contributed by atoms with Gasteiger partial charge in [-0.3, -0.25) is 0 Å². The molecule has 0 atom stereocenters. The summed E-state index contributed by atoms with van der Waals surface area (Å²) in [7, 11) is 1.61. The Bertz CT molecular complexity index is 599. The summed E-state index contributed by atoms with van der Waals surface area (Å²) in [5.74, 6) is 1.23. The zero-order valence-electron chi connectivity index (χ0n) is 11.7. The third kappa shape index (κ3) is 3.27. The Morgan fingerprint density at radius 1 is 1.10 bits per heavy atom. The Balaban J connectivity index is 2.14. The summed E-state index contributed by atoms with van der Waals surface area (Å²) in [4.78, 5) is 0. The Morgan fingerprint density at radius 3 is 2.55 bits per heavy atom. The quantitative estimate of drug-likeness (QED) is 0.911. The number of ether oxygens (including phenoxy) is 2. The second-order valence-electron chi connectivity index (χ2n) is 4.54. The van der Waals surface area contributed by atoms with E-state index in [-0.39, 0.29) is 5.82 Å². The minimum absolute atomic E-state index is 0.238. The lowest BCUT2D eigenvalue weighted by molar-refractivity contribution is 0.301. The summed E-state index contributed by atoms with van der Waals surface area (Å²) in [6.07, 6.45) is 0. The van der Waals surface area contributed by atoms with Crippen LogP contribution in [0.4, 0.5) is 4.39 Å². The van der Waals surface area contributed by atoms with E-state index in [9.17, 15) is 4.39 Å². The van der Waals surface area contributed by atoms with E-state index >= 15 is 0 Å². The van der Waals surface area contributed by atoms with Gasteiger partial charge in [0.25, 0.3) is 0 Å². The fourth-order valence-electron chi connectivity index (χ4n) is 1.96. The van der Waals surface area contributed by atoms with Crippen molar-refractivity contribution < 1.29 is 13.9 Å². The molecule has 0 aliphatic heterocycles. The molecule has 4 heteroatoms. The van der Waals surface area contributed by atoms with Gasteiger partial charge in [-0.25, -0.2) is 4.39 Å². The summed E-state index contributed by atoms with van der Waals surface area (Å²) < 4.78 is 24.0. The molecule has 2 N–H and O–H groups in total. The monoisotopic (exact) mass is 275 g/mol. The highest BCUT2D eigenvalue weighted by Gasteiger charge is 2.06. The Labute approximate surface area is 118 Å². The van der Waals surface area contributed by atoms with Crippen LogP contribution in [0, 0.1) is 12.7 Å². The van der Waals surface area contributed by atoms with E-state index in [0.717, 1.165) is 28.2 Å². The molecule has 0 fully saturated rings. The first-order chi connectivity index (χ1) is 9.63. The molecule has 0 saturated carbocycles. The largest absolute Gasteiger partial charge is 0.497 e. The van der Waals surface area contributed by atoms with Crippen LogP contribution in [0.1, 0.15) is 16.7 Å². The number of aryl methyl sites for hydroxylation is 1. The normalized spacial score (nSPS) is 10.4. The Hall–Kier alpha value is -2.07. The molecule has 0 radical (unpaired) electrons. The molecule has 106 valence electrons. The maximum atomic E-state index is 13.0. The number of benzene rings is 2. The molecule has 0 aromatic heterocycles. The Morgan fingerprint density at radius 2 is 1.90 bits per heavy atom. The molecular weight excluding hydrogens is 257 g/mol. The molecule has 2 rings (SSSR count). The van der Waals surface area contributed by atoms with Crippen molar-refractivity contribution in [2.75, 3.05) is 7.11 Å². The van der Waals surface area contributed by atoms with Gasteiger partial charge in [0.1, 0.15) is 23.9 Å². The molecule has 2 aromatic carbocycles. The molecule has 0 aliphatic carbocycles. The van der Waals surface area contributed by atoms with E-state index in [1.54, 1.807) is 13.2 Å². The van der Waals surface area contributed by atoms with Gasteiger partial charge in [0, 0.05) is 12.1 Å². The second kappa shape index (κ2) is 6.39. The average molecular weight is 275 g/mol. The number of methoxy groups -OCH3 is 1. The standard InChI is InChI=1S/C16H18FNO2/c1-11-7-14(17)4-3-12(11)10-20-16-6-5-15(19-2)8-13(16)9-18/h3-8H,9-10,18H2,1-2H3. The van der Waals surface area contributed by atoms with Crippen LogP contribution in [0.3, 0.4) is 0 Å². The zero-order valence-corrected chi connectivity index (χ0v) is 11.7. The molecular formula is C16H18FNO2. The van der Waals surface area contributed by atoms with Crippen LogP contribution in [0.25, 0.3) is 0 Å². The molecule has 20 heavy (non-hydrogen) atoms. The van der Waals surface area contributed by atoms with Crippen LogP contribution in [0.15, 0.2) is 36.4 Å². The van der Waals surface area contributed by atoms with E-state index in [2.05, 4.69) is 0 Å². The maximum Gasteiger partial charge on any atom is 0.124 e. The van der Waals surface area contributed by atoms with Crippen molar-refractivity contribution in [3.63, 3.8) is 0 Å². The van der Waals surface area contributed by atoms with Gasteiger partial charge in [0.15, 0.2) is 0 Å². The Kier molecular flexibility index (Phi) is 4.58. The van der Waals surface area contributed by atoms with Crippen molar-refractivity contribution in [1.82, 2.24) is 0 Å². The number of nitrogens with two attached hydrogens (primary N) is 1. The van der Waals surface area contributed by atoms with Crippen molar-refractivity contribution in [1.29, 1.82) is 0 Å². The van der Waals surface area contributed by atoms with Gasteiger partial charge in [-0.15, -0.1) is 0 Å². The number of halogens is 1. The van der Waals surface area contributed by atoms with E-state index in [1.807, 2.05) is 25.1 Å². The van der Waals surface area contributed by atoms with Crippen LogP contribution < -0.4 is 15.2 Å². The van der Waals surface area contributed by atoms with Gasteiger partial charge in [-0.05, 0) is 48.4 Å². The fraction of sp³-hybridized carbons (Fsp3) is 0.250. The van der Waals surface area contributed by atoms with Gasteiger partial charge < -0.3 is 15.2 Å². The smallest absolute Gasteiger partial charge is 0.124 e. The van der Waals surface area contributed by atoms with E-state index in [1.165, 1.54) is 12.1 Å². The zero-order chi connectivity index (χ0) is 14.5. The first-order valence-corrected chi connectivity index (χ1v) is 6.39. The number of hydrogen-bond donors (Lipinski definition) is 1.